The van der Waals surface area contributed by atoms with Crippen molar-refractivity contribution in [2.24, 2.45) is 0 Å². The quantitative estimate of drug-likeness (QED) is 0.798. The smallest absolute Gasteiger partial charge is 0.257 e. The monoisotopic (exact) mass is 311 g/mol. The number of aromatic nitrogens is 2. The van der Waals surface area contributed by atoms with Crippen molar-refractivity contribution in [1.29, 1.82) is 0 Å². The second kappa shape index (κ2) is 6.77. The van der Waals surface area contributed by atoms with Gasteiger partial charge in [-0.1, -0.05) is 30.3 Å². The van der Waals surface area contributed by atoms with E-state index in [0.29, 0.717) is 24.1 Å². The molecule has 0 N–H and O–H groups in total. The maximum Gasteiger partial charge on any atom is 0.257 e. The van der Waals surface area contributed by atoms with E-state index in [2.05, 4.69) is 5.10 Å². The Morgan fingerprint density at radius 3 is 2.70 bits per heavy atom. The summed E-state index contributed by atoms with van der Waals surface area (Å²) in [5.74, 6) is 0.0765. The van der Waals surface area contributed by atoms with Gasteiger partial charge in [0.05, 0.1) is 11.8 Å². The molecule has 1 aliphatic heterocycles. The van der Waals surface area contributed by atoms with Crippen LogP contribution in [0, 0.1) is 0 Å². The predicted octanol–water partition coefficient (Wildman–Crippen LogP) is 2.78. The Morgan fingerprint density at radius 2 is 2.00 bits per heavy atom. The maximum absolute atomic E-state index is 12.7. The molecule has 1 fully saturated rings. The highest BCUT2D eigenvalue weighted by molar-refractivity contribution is 5.98. The predicted molar refractivity (Wildman–Crippen MR) is 87.3 cm³/mol. The van der Waals surface area contributed by atoms with E-state index in [1.807, 2.05) is 42.2 Å². The molecule has 0 radical (unpaired) electrons. The van der Waals surface area contributed by atoms with Crippen LogP contribution in [0.2, 0.25) is 0 Å². The molecular weight excluding hydrogens is 290 g/mol. The largest absolute Gasteiger partial charge is 0.335 e. The van der Waals surface area contributed by atoms with Gasteiger partial charge in [-0.15, -0.1) is 0 Å². The number of likely N-dealkylation sites (tertiary alicyclic amines) is 1. The molecule has 5 heteroatoms. The molecule has 1 atom stereocenters. The minimum atomic E-state index is -0.0203. The van der Waals surface area contributed by atoms with Crippen LogP contribution in [-0.2, 0) is 6.54 Å². The summed E-state index contributed by atoms with van der Waals surface area (Å²) in [6.45, 7) is 3.44. The fourth-order valence-corrected chi connectivity index (χ4v) is 3.08. The van der Waals surface area contributed by atoms with Crippen LogP contribution in [0.4, 0.5) is 0 Å². The maximum atomic E-state index is 12.7. The first-order valence-corrected chi connectivity index (χ1v) is 8.10. The van der Waals surface area contributed by atoms with Crippen molar-refractivity contribution in [3.63, 3.8) is 0 Å². The topological polar surface area (TPSA) is 55.2 Å². The number of hydrogen-bond acceptors (Lipinski definition) is 3. The van der Waals surface area contributed by atoms with Crippen molar-refractivity contribution in [2.45, 2.75) is 38.8 Å². The molecule has 1 unspecified atom stereocenters. The first-order chi connectivity index (χ1) is 11.2. The third kappa shape index (κ3) is 3.33. The molecule has 2 heterocycles. The molecule has 1 amide bonds. The van der Waals surface area contributed by atoms with Crippen molar-refractivity contribution in [3.8, 4) is 0 Å². The lowest BCUT2D eigenvalue weighted by molar-refractivity contribution is 0.0717. The molecule has 1 aromatic carbocycles. The number of hydrogen-bond donors (Lipinski definition) is 0. The van der Waals surface area contributed by atoms with Crippen molar-refractivity contribution in [3.05, 3.63) is 53.9 Å². The normalized spacial score (nSPS) is 17.4. The van der Waals surface area contributed by atoms with Crippen LogP contribution in [0.25, 0.3) is 0 Å². The standard InChI is InChI=1S/C18H21N3O2/c1-2-20-13-15(12-19-20)18(23)21-10-6-9-16(21)11-17(22)14-7-4-3-5-8-14/h3-5,7-8,12-13,16H,2,6,9-11H2,1H3. The van der Waals surface area contributed by atoms with E-state index >= 15 is 0 Å². The third-order valence-electron chi connectivity index (χ3n) is 4.36. The van der Waals surface area contributed by atoms with E-state index in [1.54, 1.807) is 17.1 Å². The average Bonchev–Trinajstić information content (AvgIpc) is 3.24. The van der Waals surface area contributed by atoms with E-state index in [4.69, 9.17) is 0 Å². The molecule has 0 saturated carbocycles. The Morgan fingerprint density at radius 1 is 1.22 bits per heavy atom. The lowest BCUT2D eigenvalue weighted by atomic mass is 10.0. The number of Topliss-reactive ketones (excluding diaryl/α,β-unsaturated/α-hetero) is 1. The summed E-state index contributed by atoms with van der Waals surface area (Å²) in [6, 6.07) is 9.27. The van der Waals surface area contributed by atoms with Gasteiger partial charge in [-0.3, -0.25) is 14.3 Å². The molecule has 0 spiro atoms. The molecule has 5 nitrogen and oxygen atoms in total. The third-order valence-corrected chi connectivity index (χ3v) is 4.36. The zero-order valence-corrected chi connectivity index (χ0v) is 13.3. The Labute approximate surface area is 135 Å². The molecule has 3 rings (SSSR count). The van der Waals surface area contributed by atoms with E-state index in [-0.39, 0.29) is 17.7 Å². The van der Waals surface area contributed by atoms with Crippen LogP contribution < -0.4 is 0 Å². The van der Waals surface area contributed by atoms with Gasteiger partial charge in [0.1, 0.15) is 0 Å². The number of benzene rings is 1. The number of aryl methyl sites for hydroxylation is 1. The van der Waals surface area contributed by atoms with Gasteiger partial charge in [-0.25, -0.2) is 0 Å². The van der Waals surface area contributed by atoms with Gasteiger partial charge in [0.25, 0.3) is 5.91 Å². The number of carbonyl (C=O) groups is 2. The van der Waals surface area contributed by atoms with E-state index in [9.17, 15) is 9.59 Å². The summed E-state index contributed by atoms with van der Waals surface area (Å²) >= 11 is 0. The van der Waals surface area contributed by atoms with Gasteiger partial charge in [-0.2, -0.15) is 5.10 Å². The molecule has 0 bridgehead atoms. The zero-order chi connectivity index (χ0) is 16.2. The molecule has 1 saturated heterocycles. The summed E-state index contributed by atoms with van der Waals surface area (Å²) in [4.78, 5) is 26.9. The first kappa shape index (κ1) is 15.5. The molecule has 1 aliphatic rings. The SMILES string of the molecule is CCn1cc(C(=O)N2CCCC2CC(=O)c2ccccc2)cn1. The Kier molecular flexibility index (Phi) is 4.55. The van der Waals surface area contributed by atoms with E-state index < -0.39 is 0 Å². The Balaban J connectivity index is 1.70. The number of rotatable bonds is 5. The van der Waals surface area contributed by atoms with Crippen molar-refractivity contribution in [2.75, 3.05) is 6.54 Å². The highest BCUT2D eigenvalue weighted by Crippen LogP contribution is 2.24. The van der Waals surface area contributed by atoms with Crippen LogP contribution in [0.15, 0.2) is 42.7 Å². The summed E-state index contributed by atoms with van der Waals surface area (Å²) in [5.41, 5.74) is 1.32. The van der Waals surface area contributed by atoms with Crippen LogP contribution in [0.1, 0.15) is 46.9 Å². The number of carbonyl (C=O) groups excluding carboxylic acids is 2. The summed E-state index contributed by atoms with van der Waals surface area (Å²) in [5, 5.41) is 4.16. The average molecular weight is 311 g/mol. The molecule has 120 valence electrons. The highest BCUT2D eigenvalue weighted by atomic mass is 16.2. The minimum Gasteiger partial charge on any atom is -0.335 e. The number of ketones is 1. The van der Waals surface area contributed by atoms with Gasteiger partial charge in [-0.05, 0) is 19.8 Å². The lowest BCUT2D eigenvalue weighted by Crippen LogP contribution is -2.36. The lowest BCUT2D eigenvalue weighted by Gasteiger charge is -2.23. The molecule has 23 heavy (non-hydrogen) atoms. The van der Waals surface area contributed by atoms with E-state index in [1.165, 1.54) is 0 Å². The fraction of sp³-hybridized carbons (Fsp3) is 0.389. The van der Waals surface area contributed by atoms with Gasteiger partial charge in [0.2, 0.25) is 0 Å². The second-order valence-electron chi connectivity index (χ2n) is 5.87. The van der Waals surface area contributed by atoms with Gasteiger partial charge in [0.15, 0.2) is 5.78 Å². The van der Waals surface area contributed by atoms with Crippen molar-refractivity contribution < 1.29 is 9.59 Å². The van der Waals surface area contributed by atoms with Crippen LogP contribution in [0.5, 0.6) is 0 Å². The number of nitrogens with zero attached hydrogens (tertiary/aromatic N) is 3. The van der Waals surface area contributed by atoms with Crippen molar-refractivity contribution in [1.82, 2.24) is 14.7 Å². The molecular formula is C18H21N3O2. The van der Waals surface area contributed by atoms with Gasteiger partial charge >= 0.3 is 0 Å². The van der Waals surface area contributed by atoms with Gasteiger partial charge < -0.3 is 4.90 Å². The van der Waals surface area contributed by atoms with E-state index in [0.717, 1.165) is 19.4 Å². The first-order valence-electron chi connectivity index (χ1n) is 8.10. The van der Waals surface area contributed by atoms with Crippen LogP contribution >= 0.6 is 0 Å². The van der Waals surface area contributed by atoms with Crippen LogP contribution in [-0.4, -0.2) is 39.0 Å². The highest BCUT2D eigenvalue weighted by Gasteiger charge is 2.31. The minimum absolute atomic E-state index is 0.0137. The Bertz CT molecular complexity index is 693. The summed E-state index contributed by atoms with van der Waals surface area (Å²) in [6.07, 6.45) is 5.60. The number of amides is 1. The molecule has 0 aliphatic carbocycles. The zero-order valence-electron chi connectivity index (χ0n) is 13.3. The van der Waals surface area contributed by atoms with Crippen LogP contribution in [0.3, 0.4) is 0 Å². The summed E-state index contributed by atoms with van der Waals surface area (Å²) in [7, 11) is 0. The van der Waals surface area contributed by atoms with Gasteiger partial charge in [0, 0.05) is 37.3 Å². The van der Waals surface area contributed by atoms with Crippen molar-refractivity contribution >= 4 is 11.7 Å². The molecule has 1 aromatic heterocycles. The fourth-order valence-electron chi connectivity index (χ4n) is 3.08. The molecule has 2 aromatic rings. The Hall–Kier alpha value is -2.43. The second-order valence-corrected chi connectivity index (χ2v) is 5.87. The summed E-state index contributed by atoms with van der Waals surface area (Å²) < 4.78 is 1.74.